The summed E-state index contributed by atoms with van der Waals surface area (Å²) in [7, 11) is 0. The smallest absolute Gasteiger partial charge is 0.0591 e. The van der Waals surface area contributed by atoms with Crippen LogP contribution < -0.4 is 5.32 Å². The molecule has 0 saturated carbocycles. The Bertz CT molecular complexity index is 763. The predicted octanol–water partition coefficient (Wildman–Crippen LogP) is 5.56. The molecule has 1 atom stereocenters. The first kappa shape index (κ1) is 14.6. The van der Waals surface area contributed by atoms with Gasteiger partial charge >= 0.3 is 0 Å². The average Bonchev–Trinajstić information content (AvgIpc) is 2.92. The fourth-order valence-electron chi connectivity index (χ4n) is 2.62. The lowest BCUT2D eigenvalue weighted by Gasteiger charge is -2.19. The number of benzene rings is 2. The van der Waals surface area contributed by atoms with Crippen LogP contribution in [0.15, 0.2) is 47.8 Å². The second-order valence-electron chi connectivity index (χ2n) is 5.19. The first-order chi connectivity index (χ1) is 10.2. The molecule has 1 unspecified atom stereocenters. The summed E-state index contributed by atoms with van der Waals surface area (Å²) in [6, 6.07) is 15.1. The number of halogens is 1. The van der Waals surface area contributed by atoms with Crippen LogP contribution in [0.2, 0.25) is 5.02 Å². The lowest BCUT2D eigenvalue weighted by atomic mass is 9.97. The third-order valence-electron chi connectivity index (χ3n) is 3.76. The van der Waals surface area contributed by atoms with E-state index in [1.165, 1.54) is 21.2 Å². The maximum Gasteiger partial charge on any atom is 0.0591 e. The van der Waals surface area contributed by atoms with Crippen LogP contribution in [-0.4, -0.2) is 6.54 Å². The Hall–Kier alpha value is -1.35. The van der Waals surface area contributed by atoms with E-state index in [0.717, 1.165) is 17.1 Å². The minimum absolute atomic E-state index is 0.184. The van der Waals surface area contributed by atoms with Gasteiger partial charge in [-0.1, -0.05) is 48.9 Å². The molecular weight excluding hydrogens is 298 g/mol. The fraction of sp³-hybridized carbons (Fsp3) is 0.222. The quantitative estimate of drug-likeness (QED) is 0.664. The number of rotatable bonds is 4. The molecular formula is C18H18ClNS. The maximum absolute atomic E-state index is 6.31. The van der Waals surface area contributed by atoms with Crippen LogP contribution in [-0.2, 0) is 0 Å². The summed E-state index contributed by atoms with van der Waals surface area (Å²) >= 11 is 8.11. The lowest BCUT2D eigenvalue weighted by Crippen LogP contribution is -2.21. The molecule has 1 heterocycles. The van der Waals surface area contributed by atoms with Gasteiger partial charge in [0.05, 0.1) is 6.04 Å². The molecule has 3 heteroatoms. The molecule has 0 aliphatic heterocycles. The largest absolute Gasteiger partial charge is 0.306 e. The maximum atomic E-state index is 6.31. The SMILES string of the molecule is CCNC(c1ccc(C)c(Cl)c1)c1csc2ccccc12. The monoisotopic (exact) mass is 315 g/mol. The van der Waals surface area contributed by atoms with Gasteiger partial charge in [0.25, 0.3) is 0 Å². The zero-order valence-electron chi connectivity index (χ0n) is 12.2. The van der Waals surface area contributed by atoms with E-state index in [1.807, 2.05) is 6.92 Å². The van der Waals surface area contributed by atoms with Crippen LogP contribution in [0.3, 0.4) is 0 Å². The first-order valence-corrected chi connectivity index (χ1v) is 8.42. The molecule has 3 rings (SSSR count). The molecule has 108 valence electrons. The van der Waals surface area contributed by atoms with Gasteiger partial charge in [0, 0.05) is 9.72 Å². The van der Waals surface area contributed by atoms with Crippen molar-refractivity contribution >= 4 is 33.0 Å². The molecule has 1 aromatic heterocycles. The van der Waals surface area contributed by atoms with Crippen molar-refractivity contribution in [2.24, 2.45) is 0 Å². The Morgan fingerprint density at radius 1 is 1.19 bits per heavy atom. The highest BCUT2D eigenvalue weighted by atomic mass is 35.5. The van der Waals surface area contributed by atoms with Crippen molar-refractivity contribution < 1.29 is 0 Å². The molecule has 0 aliphatic carbocycles. The lowest BCUT2D eigenvalue weighted by molar-refractivity contribution is 0.636. The standard InChI is InChI=1S/C18H18ClNS/c1-3-20-18(13-9-8-12(2)16(19)10-13)15-11-21-17-7-5-4-6-14(15)17/h4-11,18,20H,3H2,1-2H3. The molecule has 0 saturated heterocycles. The summed E-state index contributed by atoms with van der Waals surface area (Å²) in [5.41, 5.74) is 3.67. The van der Waals surface area contributed by atoms with Gasteiger partial charge < -0.3 is 5.32 Å². The van der Waals surface area contributed by atoms with Gasteiger partial charge in [0.1, 0.15) is 0 Å². The van der Waals surface area contributed by atoms with E-state index in [9.17, 15) is 0 Å². The molecule has 0 aliphatic rings. The van der Waals surface area contributed by atoms with Gasteiger partial charge in [0.15, 0.2) is 0 Å². The fourth-order valence-corrected chi connectivity index (χ4v) is 3.80. The average molecular weight is 316 g/mol. The zero-order valence-corrected chi connectivity index (χ0v) is 13.8. The third-order valence-corrected chi connectivity index (χ3v) is 5.15. The van der Waals surface area contributed by atoms with Gasteiger partial charge in [-0.15, -0.1) is 11.3 Å². The van der Waals surface area contributed by atoms with E-state index in [2.05, 4.69) is 60.1 Å². The number of thiophene rings is 1. The van der Waals surface area contributed by atoms with Crippen molar-refractivity contribution in [3.8, 4) is 0 Å². The van der Waals surface area contributed by atoms with Crippen molar-refractivity contribution in [2.75, 3.05) is 6.54 Å². The van der Waals surface area contributed by atoms with Gasteiger partial charge in [0.2, 0.25) is 0 Å². The van der Waals surface area contributed by atoms with Gasteiger partial charge in [-0.2, -0.15) is 0 Å². The first-order valence-electron chi connectivity index (χ1n) is 7.16. The molecule has 3 aromatic rings. The van der Waals surface area contributed by atoms with Crippen LogP contribution in [0.4, 0.5) is 0 Å². The Labute approximate surface area is 134 Å². The normalized spacial score (nSPS) is 12.7. The van der Waals surface area contributed by atoms with Crippen LogP contribution in [0.5, 0.6) is 0 Å². The molecule has 0 bridgehead atoms. The predicted molar refractivity (Wildman–Crippen MR) is 93.5 cm³/mol. The van der Waals surface area contributed by atoms with E-state index in [1.54, 1.807) is 11.3 Å². The summed E-state index contributed by atoms with van der Waals surface area (Å²) < 4.78 is 1.33. The highest BCUT2D eigenvalue weighted by Gasteiger charge is 2.17. The summed E-state index contributed by atoms with van der Waals surface area (Å²) in [5.74, 6) is 0. The van der Waals surface area contributed by atoms with E-state index in [-0.39, 0.29) is 6.04 Å². The number of hydrogen-bond donors (Lipinski definition) is 1. The van der Waals surface area contributed by atoms with Gasteiger partial charge in [-0.05, 0) is 53.1 Å². The molecule has 0 amide bonds. The van der Waals surface area contributed by atoms with E-state index in [0.29, 0.717) is 0 Å². The highest BCUT2D eigenvalue weighted by molar-refractivity contribution is 7.17. The second-order valence-corrected chi connectivity index (χ2v) is 6.50. The number of nitrogens with one attached hydrogen (secondary N) is 1. The van der Waals surface area contributed by atoms with Crippen molar-refractivity contribution in [2.45, 2.75) is 19.9 Å². The van der Waals surface area contributed by atoms with E-state index in [4.69, 9.17) is 11.6 Å². The summed E-state index contributed by atoms with van der Waals surface area (Å²) in [4.78, 5) is 0. The summed E-state index contributed by atoms with van der Waals surface area (Å²) in [6.45, 7) is 5.09. The number of aryl methyl sites for hydroxylation is 1. The second kappa shape index (κ2) is 6.18. The van der Waals surface area contributed by atoms with Crippen molar-refractivity contribution in [3.05, 3.63) is 69.6 Å². The van der Waals surface area contributed by atoms with Crippen LogP contribution in [0.25, 0.3) is 10.1 Å². The summed E-state index contributed by atoms with van der Waals surface area (Å²) in [6.07, 6.45) is 0. The molecule has 0 fully saturated rings. The van der Waals surface area contributed by atoms with E-state index >= 15 is 0 Å². The van der Waals surface area contributed by atoms with Crippen LogP contribution in [0, 0.1) is 6.92 Å². The molecule has 2 aromatic carbocycles. The minimum Gasteiger partial charge on any atom is -0.306 e. The zero-order chi connectivity index (χ0) is 14.8. The molecule has 1 N–H and O–H groups in total. The molecule has 0 spiro atoms. The minimum atomic E-state index is 0.184. The van der Waals surface area contributed by atoms with E-state index < -0.39 is 0 Å². The molecule has 1 nitrogen and oxygen atoms in total. The van der Waals surface area contributed by atoms with Crippen molar-refractivity contribution in [3.63, 3.8) is 0 Å². The third kappa shape index (κ3) is 2.84. The van der Waals surface area contributed by atoms with Gasteiger partial charge in [-0.25, -0.2) is 0 Å². The van der Waals surface area contributed by atoms with Crippen LogP contribution >= 0.6 is 22.9 Å². The Kier molecular flexibility index (Phi) is 4.29. The summed E-state index contributed by atoms with van der Waals surface area (Å²) in [5, 5.41) is 8.00. The van der Waals surface area contributed by atoms with Crippen LogP contribution in [0.1, 0.15) is 29.7 Å². The number of fused-ring (bicyclic) bond motifs is 1. The molecule has 21 heavy (non-hydrogen) atoms. The van der Waals surface area contributed by atoms with Crippen molar-refractivity contribution in [1.82, 2.24) is 5.32 Å². The Morgan fingerprint density at radius 3 is 2.76 bits per heavy atom. The number of hydrogen-bond acceptors (Lipinski definition) is 2. The van der Waals surface area contributed by atoms with Gasteiger partial charge in [-0.3, -0.25) is 0 Å². The van der Waals surface area contributed by atoms with Crippen molar-refractivity contribution in [1.29, 1.82) is 0 Å². The molecule has 0 radical (unpaired) electrons. The topological polar surface area (TPSA) is 12.0 Å². The Morgan fingerprint density at radius 2 is 2.00 bits per heavy atom. The highest BCUT2D eigenvalue weighted by Crippen LogP contribution is 2.34. The Balaban J connectivity index is 2.11.